The molecule has 0 aliphatic carbocycles. The SMILES string of the molecule is CCc1ccc(OCc2c(CN)nnn2CC#N)cc1. The molecule has 0 aliphatic heterocycles. The molecule has 6 nitrogen and oxygen atoms in total. The number of hydrogen-bond donors (Lipinski definition) is 1. The van der Waals surface area contributed by atoms with Gasteiger partial charge in [-0.2, -0.15) is 5.26 Å². The predicted octanol–water partition coefficient (Wildman–Crippen LogP) is 1.40. The first-order chi connectivity index (χ1) is 9.78. The molecule has 0 saturated heterocycles. The topological polar surface area (TPSA) is 89.8 Å². The minimum Gasteiger partial charge on any atom is -0.487 e. The van der Waals surface area contributed by atoms with Gasteiger partial charge in [0.15, 0.2) is 0 Å². The summed E-state index contributed by atoms with van der Waals surface area (Å²) in [4.78, 5) is 0. The quantitative estimate of drug-likeness (QED) is 0.857. The molecule has 2 aromatic rings. The van der Waals surface area contributed by atoms with Gasteiger partial charge >= 0.3 is 0 Å². The number of hydrogen-bond acceptors (Lipinski definition) is 5. The highest BCUT2D eigenvalue weighted by molar-refractivity contribution is 5.27. The van der Waals surface area contributed by atoms with Crippen molar-refractivity contribution in [1.29, 1.82) is 5.26 Å². The van der Waals surface area contributed by atoms with Crippen LogP contribution in [0.25, 0.3) is 0 Å². The molecule has 0 bridgehead atoms. The molecule has 2 N–H and O–H groups in total. The molecule has 0 atom stereocenters. The van der Waals surface area contributed by atoms with Gasteiger partial charge in [-0.25, -0.2) is 4.68 Å². The van der Waals surface area contributed by atoms with Crippen LogP contribution in [-0.4, -0.2) is 15.0 Å². The molecular weight excluding hydrogens is 254 g/mol. The third-order valence-electron chi connectivity index (χ3n) is 3.04. The van der Waals surface area contributed by atoms with Crippen molar-refractivity contribution < 1.29 is 4.74 Å². The second-order valence-corrected chi connectivity index (χ2v) is 4.29. The molecule has 0 fully saturated rings. The normalized spacial score (nSPS) is 10.2. The molecule has 0 saturated carbocycles. The lowest BCUT2D eigenvalue weighted by atomic mass is 10.2. The van der Waals surface area contributed by atoms with Crippen LogP contribution in [0.4, 0.5) is 0 Å². The largest absolute Gasteiger partial charge is 0.487 e. The van der Waals surface area contributed by atoms with Gasteiger partial charge in [0, 0.05) is 6.54 Å². The van der Waals surface area contributed by atoms with Crippen LogP contribution in [0.2, 0.25) is 0 Å². The minimum atomic E-state index is 0.139. The second kappa shape index (κ2) is 6.68. The highest BCUT2D eigenvalue weighted by Crippen LogP contribution is 2.15. The first-order valence-electron chi connectivity index (χ1n) is 6.48. The van der Waals surface area contributed by atoms with E-state index in [4.69, 9.17) is 15.7 Å². The lowest BCUT2D eigenvalue weighted by Crippen LogP contribution is -2.10. The van der Waals surface area contributed by atoms with Gasteiger partial charge in [0.2, 0.25) is 0 Å². The molecule has 0 aliphatic rings. The molecule has 1 heterocycles. The van der Waals surface area contributed by atoms with E-state index < -0.39 is 0 Å². The Balaban J connectivity index is 2.09. The van der Waals surface area contributed by atoms with Crippen molar-refractivity contribution >= 4 is 0 Å². The van der Waals surface area contributed by atoms with E-state index in [1.165, 1.54) is 10.2 Å². The van der Waals surface area contributed by atoms with Gasteiger partial charge in [-0.1, -0.05) is 24.3 Å². The molecule has 104 valence electrons. The Labute approximate surface area is 117 Å². The van der Waals surface area contributed by atoms with Crippen molar-refractivity contribution in [2.45, 2.75) is 33.0 Å². The number of rotatable bonds is 6. The third-order valence-corrected chi connectivity index (χ3v) is 3.04. The number of nitrogens with zero attached hydrogens (tertiary/aromatic N) is 4. The summed E-state index contributed by atoms with van der Waals surface area (Å²) in [6.07, 6.45) is 0.996. The molecule has 1 aromatic heterocycles. The maximum atomic E-state index is 8.76. The summed E-state index contributed by atoms with van der Waals surface area (Å²) in [5, 5.41) is 16.6. The lowest BCUT2D eigenvalue weighted by molar-refractivity contribution is 0.292. The molecular formula is C14H17N5O. The number of nitriles is 1. The van der Waals surface area contributed by atoms with E-state index in [1.54, 1.807) is 0 Å². The van der Waals surface area contributed by atoms with Crippen LogP contribution >= 0.6 is 0 Å². The van der Waals surface area contributed by atoms with Gasteiger partial charge < -0.3 is 10.5 Å². The highest BCUT2D eigenvalue weighted by Gasteiger charge is 2.12. The summed E-state index contributed by atoms with van der Waals surface area (Å²) < 4.78 is 7.23. The van der Waals surface area contributed by atoms with E-state index in [2.05, 4.69) is 17.2 Å². The van der Waals surface area contributed by atoms with Crippen molar-refractivity contribution in [2.75, 3.05) is 0 Å². The lowest BCUT2D eigenvalue weighted by Gasteiger charge is -2.08. The maximum absolute atomic E-state index is 8.76. The summed E-state index contributed by atoms with van der Waals surface area (Å²) in [5.74, 6) is 0.773. The van der Waals surface area contributed by atoms with Gasteiger partial charge in [-0.05, 0) is 24.1 Å². The number of benzene rings is 1. The van der Waals surface area contributed by atoms with Crippen LogP contribution in [0.1, 0.15) is 23.9 Å². The van der Waals surface area contributed by atoms with Crippen molar-refractivity contribution in [1.82, 2.24) is 15.0 Å². The van der Waals surface area contributed by atoms with Crippen LogP contribution in [-0.2, 0) is 26.1 Å². The smallest absolute Gasteiger partial charge is 0.132 e. The zero-order chi connectivity index (χ0) is 14.4. The average Bonchev–Trinajstić information content (AvgIpc) is 2.88. The van der Waals surface area contributed by atoms with E-state index >= 15 is 0 Å². The van der Waals surface area contributed by atoms with Crippen LogP contribution in [0.3, 0.4) is 0 Å². The van der Waals surface area contributed by atoms with E-state index in [0.717, 1.165) is 17.9 Å². The zero-order valence-corrected chi connectivity index (χ0v) is 11.4. The van der Waals surface area contributed by atoms with Crippen molar-refractivity contribution in [3.63, 3.8) is 0 Å². The fourth-order valence-corrected chi connectivity index (χ4v) is 1.85. The second-order valence-electron chi connectivity index (χ2n) is 4.29. The first-order valence-corrected chi connectivity index (χ1v) is 6.48. The van der Waals surface area contributed by atoms with E-state index in [-0.39, 0.29) is 13.1 Å². The summed E-state index contributed by atoms with van der Waals surface area (Å²) in [5.41, 5.74) is 8.27. The first kappa shape index (κ1) is 14.0. The standard InChI is InChI=1S/C14H17N5O/c1-2-11-3-5-12(6-4-11)20-10-14-13(9-16)17-18-19(14)8-7-15/h3-6H,2,8-10,16H2,1H3. The van der Waals surface area contributed by atoms with Crippen LogP contribution in [0.15, 0.2) is 24.3 Å². The minimum absolute atomic E-state index is 0.139. The van der Waals surface area contributed by atoms with Gasteiger partial charge in [0.05, 0.1) is 6.07 Å². The van der Waals surface area contributed by atoms with E-state index in [9.17, 15) is 0 Å². The van der Waals surface area contributed by atoms with Gasteiger partial charge in [-0.15, -0.1) is 5.10 Å². The molecule has 0 radical (unpaired) electrons. The number of nitrogens with two attached hydrogens (primary N) is 1. The van der Waals surface area contributed by atoms with Crippen LogP contribution in [0, 0.1) is 11.3 Å². The van der Waals surface area contributed by atoms with Gasteiger partial charge in [0.1, 0.15) is 30.3 Å². The number of ether oxygens (including phenoxy) is 1. The highest BCUT2D eigenvalue weighted by atomic mass is 16.5. The predicted molar refractivity (Wildman–Crippen MR) is 73.7 cm³/mol. The fourth-order valence-electron chi connectivity index (χ4n) is 1.85. The Morgan fingerprint density at radius 2 is 2.10 bits per heavy atom. The Morgan fingerprint density at radius 1 is 1.35 bits per heavy atom. The van der Waals surface area contributed by atoms with Gasteiger partial charge in [-0.3, -0.25) is 0 Å². The molecule has 20 heavy (non-hydrogen) atoms. The van der Waals surface area contributed by atoms with Crippen LogP contribution < -0.4 is 10.5 Å². The molecule has 1 aromatic carbocycles. The van der Waals surface area contributed by atoms with Crippen LogP contribution in [0.5, 0.6) is 5.75 Å². The van der Waals surface area contributed by atoms with Crippen molar-refractivity contribution in [3.8, 4) is 11.8 Å². The maximum Gasteiger partial charge on any atom is 0.132 e. The number of aryl methyl sites for hydroxylation is 1. The van der Waals surface area contributed by atoms with E-state index in [0.29, 0.717) is 12.3 Å². The Morgan fingerprint density at radius 3 is 2.70 bits per heavy atom. The van der Waals surface area contributed by atoms with Crippen molar-refractivity contribution in [3.05, 3.63) is 41.2 Å². The third kappa shape index (κ3) is 3.13. The molecule has 0 spiro atoms. The van der Waals surface area contributed by atoms with E-state index in [1.807, 2.05) is 30.3 Å². The molecule has 0 amide bonds. The summed E-state index contributed by atoms with van der Waals surface area (Å²) in [7, 11) is 0. The monoisotopic (exact) mass is 271 g/mol. The summed E-state index contributed by atoms with van der Waals surface area (Å²) >= 11 is 0. The fraction of sp³-hybridized carbons (Fsp3) is 0.357. The molecule has 2 rings (SSSR count). The Bertz CT molecular complexity index is 597. The van der Waals surface area contributed by atoms with Crippen molar-refractivity contribution in [2.24, 2.45) is 5.73 Å². The number of aromatic nitrogens is 3. The summed E-state index contributed by atoms with van der Waals surface area (Å²) in [6.45, 7) is 2.82. The zero-order valence-electron chi connectivity index (χ0n) is 11.4. The summed E-state index contributed by atoms with van der Waals surface area (Å²) in [6, 6.07) is 9.96. The molecule has 0 unspecified atom stereocenters. The van der Waals surface area contributed by atoms with Gasteiger partial charge in [0.25, 0.3) is 0 Å². The molecule has 6 heteroatoms. The Hall–Kier alpha value is -2.39. The Kier molecular flexibility index (Phi) is 4.69. The average molecular weight is 271 g/mol.